The SMILES string of the molecule is Cc1cc(C)c2c(c1)nc(-c1cc(C(C)(C)C)c3ccccc3c1)c1cc(CC(C)(C)C)sc12. The van der Waals surface area contributed by atoms with Crippen LogP contribution in [0.25, 0.3) is 43.0 Å². The summed E-state index contributed by atoms with van der Waals surface area (Å²) in [4.78, 5) is 6.78. The average Bonchev–Trinajstić information content (AvgIpc) is 3.12. The third-order valence-electron chi connectivity index (χ3n) is 6.60. The summed E-state index contributed by atoms with van der Waals surface area (Å²) >= 11 is 1.96. The van der Waals surface area contributed by atoms with E-state index in [0.717, 1.165) is 17.6 Å². The smallest absolute Gasteiger partial charge is 0.0796 e. The molecule has 0 saturated carbocycles. The van der Waals surface area contributed by atoms with Crippen LogP contribution >= 0.6 is 11.3 Å². The first-order valence-electron chi connectivity index (χ1n) is 12.3. The average molecular weight is 466 g/mol. The molecule has 34 heavy (non-hydrogen) atoms. The summed E-state index contributed by atoms with van der Waals surface area (Å²) < 4.78 is 1.38. The highest BCUT2D eigenvalue weighted by Crippen LogP contribution is 2.42. The lowest BCUT2D eigenvalue weighted by atomic mass is 9.82. The molecule has 0 bridgehead atoms. The number of nitrogens with zero attached hydrogens (tertiary/aromatic N) is 1. The fourth-order valence-electron chi connectivity index (χ4n) is 5.21. The number of aromatic nitrogens is 1. The van der Waals surface area contributed by atoms with Crippen LogP contribution < -0.4 is 0 Å². The molecule has 0 atom stereocenters. The Morgan fingerprint density at radius 3 is 2.26 bits per heavy atom. The maximum Gasteiger partial charge on any atom is 0.0796 e. The monoisotopic (exact) mass is 465 g/mol. The molecule has 0 aliphatic rings. The molecule has 174 valence electrons. The Hall–Kier alpha value is -2.71. The van der Waals surface area contributed by atoms with Gasteiger partial charge in [0.25, 0.3) is 0 Å². The maximum absolute atomic E-state index is 5.34. The van der Waals surface area contributed by atoms with Crippen molar-refractivity contribution in [3.05, 3.63) is 76.2 Å². The first-order chi connectivity index (χ1) is 15.9. The maximum atomic E-state index is 5.34. The number of hydrogen-bond donors (Lipinski definition) is 0. The molecule has 0 aliphatic heterocycles. The predicted molar refractivity (Wildman–Crippen MR) is 151 cm³/mol. The van der Waals surface area contributed by atoms with Crippen LogP contribution in [0.2, 0.25) is 0 Å². The Morgan fingerprint density at radius 2 is 1.56 bits per heavy atom. The van der Waals surface area contributed by atoms with E-state index in [0.29, 0.717) is 0 Å². The molecule has 0 aliphatic carbocycles. The number of rotatable bonds is 2. The Kier molecular flexibility index (Phi) is 5.37. The minimum Gasteiger partial charge on any atom is -0.247 e. The lowest BCUT2D eigenvalue weighted by molar-refractivity contribution is 0.415. The Bertz CT molecular complexity index is 1550. The van der Waals surface area contributed by atoms with Crippen molar-refractivity contribution in [3.8, 4) is 11.3 Å². The topological polar surface area (TPSA) is 12.9 Å². The van der Waals surface area contributed by atoms with E-state index in [1.165, 1.54) is 53.4 Å². The first-order valence-corrected chi connectivity index (χ1v) is 13.1. The van der Waals surface area contributed by atoms with Crippen molar-refractivity contribution < 1.29 is 0 Å². The summed E-state index contributed by atoms with van der Waals surface area (Å²) in [5.41, 5.74) is 7.69. The highest BCUT2D eigenvalue weighted by molar-refractivity contribution is 7.20. The molecule has 0 unspecified atom stereocenters. The summed E-state index contributed by atoms with van der Waals surface area (Å²) in [5, 5.41) is 5.22. The molecule has 1 nitrogen and oxygen atoms in total. The molecule has 5 rings (SSSR count). The van der Waals surface area contributed by atoms with Crippen LogP contribution in [0.3, 0.4) is 0 Å². The van der Waals surface area contributed by atoms with Crippen molar-refractivity contribution in [2.45, 2.75) is 67.2 Å². The van der Waals surface area contributed by atoms with E-state index in [1.54, 1.807) is 0 Å². The second-order valence-electron chi connectivity index (χ2n) is 12.1. The molecule has 0 radical (unpaired) electrons. The molecule has 0 saturated heterocycles. The van der Waals surface area contributed by atoms with Crippen molar-refractivity contribution in [2.24, 2.45) is 5.41 Å². The van der Waals surface area contributed by atoms with Gasteiger partial charge in [-0.05, 0) is 82.8 Å². The molecule has 3 aromatic carbocycles. The van der Waals surface area contributed by atoms with Crippen LogP contribution in [0.15, 0.2) is 54.6 Å². The Balaban J connectivity index is 1.89. The van der Waals surface area contributed by atoms with Crippen molar-refractivity contribution in [1.29, 1.82) is 0 Å². The van der Waals surface area contributed by atoms with Crippen molar-refractivity contribution in [2.75, 3.05) is 0 Å². The molecular weight excluding hydrogens is 430 g/mol. The molecule has 0 spiro atoms. The highest BCUT2D eigenvalue weighted by atomic mass is 32.1. The second kappa shape index (κ2) is 7.92. The molecule has 0 fully saturated rings. The zero-order valence-electron chi connectivity index (χ0n) is 21.8. The molecule has 0 N–H and O–H groups in total. The van der Waals surface area contributed by atoms with Crippen molar-refractivity contribution in [3.63, 3.8) is 0 Å². The fourth-order valence-corrected chi connectivity index (χ4v) is 6.79. The van der Waals surface area contributed by atoms with Crippen molar-refractivity contribution >= 4 is 43.1 Å². The van der Waals surface area contributed by atoms with Crippen LogP contribution in [0.5, 0.6) is 0 Å². The van der Waals surface area contributed by atoms with E-state index in [-0.39, 0.29) is 10.8 Å². The number of pyridine rings is 1. The first kappa shape index (κ1) is 23.1. The van der Waals surface area contributed by atoms with Gasteiger partial charge in [-0.1, -0.05) is 71.9 Å². The number of aryl methyl sites for hydroxylation is 2. The third-order valence-corrected chi connectivity index (χ3v) is 7.76. The zero-order valence-corrected chi connectivity index (χ0v) is 22.6. The van der Waals surface area contributed by atoms with Gasteiger partial charge in [-0.15, -0.1) is 11.3 Å². The largest absolute Gasteiger partial charge is 0.247 e. The van der Waals surface area contributed by atoms with Gasteiger partial charge in [-0.3, -0.25) is 0 Å². The highest BCUT2D eigenvalue weighted by Gasteiger charge is 2.22. The number of fused-ring (bicyclic) bond motifs is 4. The second-order valence-corrected chi connectivity index (χ2v) is 13.3. The molecule has 2 aromatic heterocycles. The predicted octanol–water partition coefficient (Wildman–Crippen LogP) is 9.77. The number of hydrogen-bond acceptors (Lipinski definition) is 2. The molecule has 2 heterocycles. The third kappa shape index (κ3) is 4.14. The van der Waals surface area contributed by atoms with Gasteiger partial charge in [0, 0.05) is 25.9 Å². The summed E-state index contributed by atoms with van der Waals surface area (Å²) in [6.07, 6.45) is 1.07. The van der Waals surface area contributed by atoms with Gasteiger partial charge < -0.3 is 0 Å². The van der Waals surface area contributed by atoms with E-state index >= 15 is 0 Å². The van der Waals surface area contributed by atoms with E-state index in [4.69, 9.17) is 4.98 Å². The van der Waals surface area contributed by atoms with Gasteiger partial charge in [-0.2, -0.15) is 0 Å². The van der Waals surface area contributed by atoms with E-state index < -0.39 is 0 Å². The van der Waals surface area contributed by atoms with Crippen LogP contribution in [-0.4, -0.2) is 4.98 Å². The van der Waals surface area contributed by atoms with E-state index in [9.17, 15) is 0 Å². The van der Waals surface area contributed by atoms with Gasteiger partial charge in [0.2, 0.25) is 0 Å². The number of benzene rings is 3. The van der Waals surface area contributed by atoms with Crippen LogP contribution in [-0.2, 0) is 11.8 Å². The standard InChI is InChI=1S/C32H35NS/c1-19-13-20(2)28-27(14-19)33-29(25-17-23(34-30(25)28)18-31(3,4)5)22-15-21-11-9-10-12-24(21)26(16-22)32(6,7)8/h9-17H,18H2,1-8H3. The molecular formula is C32H35NS. The number of thiophene rings is 1. The minimum atomic E-state index is 0.0464. The molecule has 0 amide bonds. The van der Waals surface area contributed by atoms with Gasteiger partial charge in [0.1, 0.15) is 0 Å². The van der Waals surface area contributed by atoms with Gasteiger partial charge >= 0.3 is 0 Å². The van der Waals surface area contributed by atoms with Crippen LogP contribution in [0.1, 0.15) is 63.1 Å². The van der Waals surface area contributed by atoms with E-state index in [2.05, 4.69) is 110 Å². The van der Waals surface area contributed by atoms with Gasteiger partial charge in [0.05, 0.1) is 11.2 Å². The quantitative estimate of drug-likeness (QED) is 0.253. The lowest BCUT2D eigenvalue weighted by Gasteiger charge is -2.23. The minimum absolute atomic E-state index is 0.0464. The summed E-state index contributed by atoms with van der Waals surface area (Å²) in [7, 11) is 0. The molecule has 5 aromatic rings. The zero-order chi connectivity index (χ0) is 24.4. The lowest BCUT2D eigenvalue weighted by Crippen LogP contribution is -2.12. The normalized spacial score (nSPS) is 12.8. The molecule has 2 heteroatoms. The van der Waals surface area contributed by atoms with Crippen LogP contribution in [0, 0.1) is 19.3 Å². The fraction of sp³-hybridized carbons (Fsp3) is 0.344. The summed E-state index contributed by atoms with van der Waals surface area (Å²) in [6.45, 7) is 18.3. The van der Waals surface area contributed by atoms with Gasteiger partial charge in [-0.25, -0.2) is 4.98 Å². The Morgan fingerprint density at radius 1 is 0.824 bits per heavy atom. The van der Waals surface area contributed by atoms with Crippen LogP contribution in [0.4, 0.5) is 0 Å². The van der Waals surface area contributed by atoms with Crippen molar-refractivity contribution in [1.82, 2.24) is 4.98 Å². The summed E-state index contributed by atoms with van der Waals surface area (Å²) in [6, 6.07) is 20.5. The van der Waals surface area contributed by atoms with Gasteiger partial charge in [0.15, 0.2) is 0 Å². The summed E-state index contributed by atoms with van der Waals surface area (Å²) in [5.74, 6) is 0. The Labute approximate surface area is 207 Å². The van der Waals surface area contributed by atoms with E-state index in [1.807, 2.05) is 11.3 Å².